The van der Waals surface area contributed by atoms with Crippen molar-refractivity contribution in [2.24, 2.45) is 0 Å². The van der Waals surface area contributed by atoms with Crippen LogP contribution in [0, 0.1) is 6.92 Å². The molecular formula is C23H24N4O4. The summed E-state index contributed by atoms with van der Waals surface area (Å²) in [5, 5.41) is 5.67. The van der Waals surface area contributed by atoms with E-state index in [1.54, 1.807) is 30.3 Å². The zero-order valence-electron chi connectivity index (χ0n) is 17.6. The Balaban J connectivity index is 1.54. The smallest absolute Gasteiger partial charge is 0.325 e. The van der Waals surface area contributed by atoms with Gasteiger partial charge in [-0.05, 0) is 30.2 Å². The van der Waals surface area contributed by atoms with E-state index in [4.69, 9.17) is 4.74 Å². The van der Waals surface area contributed by atoms with Gasteiger partial charge in [0.15, 0.2) is 0 Å². The van der Waals surface area contributed by atoms with Crippen LogP contribution in [-0.2, 0) is 16.1 Å². The summed E-state index contributed by atoms with van der Waals surface area (Å²) in [5.41, 5.74) is 2.66. The number of likely N-dealkylation sites (N-methyl/N-ethyl adjacent to an activating group) is 1. The number of nitrogens with one attached hydrogen (secondary N) is 2. The van der Waals surface area contributed by atoms with E-state index in [2.05, 4.69) is 10.6 Å². The largest absolute Gasteiger partial charge is 0.495 e. The fraction of sp³-hybridized carbons (Fsp3) is 0.261. The van der Waals surface area contributed by atoms with E-state index in [9.17, 15) is 14.4 Å². The lowest BCUT2D eigenvalue weighted by molar-refractivity contribution is -0.134. The molecule has 2 unspecified atom stereocenters. The molecule has 8 nitrogen and oxygen atoms in total. The number of carbonyl (C=O) groups excluding carboxylic acids is 3. The number of hydrogen-bond donors (Lipinski definition) is 2. The number of rotatable bonds is 5. The number of aryl methyl sites for hydroxylation is 1. The van der Waals surface area contributed by atoms with Gasteiger partial charge in [0.25, 0.3) is 11.8 Å². The van der Waals surface area contributed by atoms with Gasteiger partial charge in [0, 0.05) is 13.2 Å². The molecule has 2 aliphatic rings. The van der Waals surface area contributed by atoms with E-state index in [0.29, 0.717) is 17.0 Å². The lowest BCUT2D eigenvalue weighted by Gasteiger charge is -2.37. The first-order valence-electron chi connectivity index (χ1n) is 9.94. The van der Waals surface area contributed by atoms with Crippen LogP contribution in [0.4, 0.5) is 10.5 Å². The molecule has 0 bridgehead atoms. The molecule has 0 aliphatic carbocycles. The molecule has 2 aromatic carbocycles. The molecule has 4 amide bonds. The highest BCUT2D eigenvalue weighted by atomic mass is 16.5. The van der Waals surface area contributed by atoms with Gasteiger partial charge < -0.3 is 20.3 Å². The summed E-state index contributed by atoms with van der Waals surface area (Å²) >= 11 is 0. The van der Waals surface area contributed by atoms with Gasteiger partial charge in [-0.15, -0.1) is 0 Å². The fourth-order valence-corrected chi connectivity index (χ4v) is 3.96. The zero-order valence-corrected chi connectivity index (χ0v) is 17.6. The first-order chi connectivity index (χ1) is 14.9. The van der Waals surface area contributed by atoms with E-state index in [-0.39, 0.29) is 12.5 Å². The van der Waals surface area contributed by atoms with Crippen molar-refractivity contribution in [2.75, 3.05) is 19.5 Å². The number of ether oxygens (including phenoxy) is 1. The van der Waals surface area contributed by atoms with Crippen molar-refractivity contribution >= 4 is 23.5 Å². The van der Waals surface area contributed by atoms with Crippen LogP contribution in [0.3, 0.4) is 0 Å². The van der Waals surface area contributed by atoms with Crippen LogP contribution in [0.5, 0.6) is 5.75 Å². The highest BCUT2D eigenvalue weighted by Crippen LogP contribution is 2.30. The van der Waals surface area contributed by atoms with E-state index in [1.165, 1.54) is 12.0 Å². The summed E-state index contributed by atoms with van der Waals surface area (Å²) in [5.74, 6) is -0.208. The van der Waals surface area contributed by atoms with Crippen LogP contribution in [0.15, 0.2) is 60.3 Å². The third-order valence-corrected chi connectivity index (χ3v) is 5.52. The van der Waals surface area contributed by atoms with E-state index >= 15 is 0 Å². The Morgan fingerprint density at radius 3 is 2.61 bits per heavy atom. The topological polar surface area (TPSA) is 91.0 Å². The van der Waals surface area contributed by atoms with Crippen molar-refractivity contribution in [1.82, 2.24) is 15.1 Å². The molecule has 31 heavy (non-hydrogen) atoms. The molecule has 2 aromatic rings. The van der Waals surface area contributed by atoms with Gasteiger partial charge in [0.05, 0.1) is 31.0 Å². The molecule has 2 heterocycles. The number of amides is 4. The Morgan fingerprint density at radius 2 is 1.90 bits per heavy atom. The summed E-state index contributed by atoms with van der Waals surface area (Å²) in [4.78, 5) is 41.8. The summed E-state index contributed by atoms with van der Waals surface area (Å²) in [6.07, 6.45) is 1.61. The highest BCUT2D eigenvalue weighted by molar-refractivity contribution is 6.10. The molecule has 0 spiro atoms. The first-order valence-corrected chi connectivity index (χ1v) is 9.94. The van der Waals surface area contributed by atoms with E-state index < -0.39 is 24.0 Å². The molecule has 4 rings (SSSR count). The summed E-state index contributed by atoms with van der Waals surface area (Å²) in [7, 11) is 3.25. The van der Waals surface area contributed by atoms with Crippen molar-refractivity contribution in [3.05, 3.63) is 71.4 Å². The first kappa shape index (κ1) is 20.5. The third-order valence-electron chi connectivity index (χ3n) is 5.52. The number of anilines is 1. The number of methoxy groups -OCH3 is 1. The Labute approximate surface area is 180 Å². The Hall–Kier alpha value is -3.81. The Morgan fingerprint density at radius 1 is 1.16 bits per heavy atom. The van der Waals surface area contributed by atoms with Gasteiger partial charge in [0.1, 0.15) is 11.8 Å². The lowest BCUT2D eigenvalue weighted by atomic mass is 9.99. The summed E-state index contributed by atoms with van der Waals surface area (Å²) < 4.78 is 5.32. The molecule has 1 saturated heterocycles. The van der Waals surface area contributed by atoms with E-state index in [0.717, 1.165) is 11.1 Å². The van der Waals surface area contributed by atoms with Crippen molar-refractivity contribution in [2.45, 2.75) is 25.6 Å². The molecule has 1 fully saturated rings. The number of benzene rings is 2. The molecule has 0 saturated carbocycles. The number of urea groups is 1. The number of hydrogen-bond acceptors (Lipinski definition) is 5. The maximum atomic E-state index is 13.1. The molecule has 2 N–H and O–H groups in total. The van der Waals surface area contributed by atoms with Crippen LogP contribution >= 0.6 is 0 Å². The van der Waals surface area contributed by atoms with Crippen LogP contribution in [-0.4, -0.2) is 53.9 Å². The molecule has 0 radical (unpaired) electrons. The van der Waals surface area contributed by atoms with Gasteiger partial charge in [-0.3, -0.25) is 14.5 Å². The van der Waals surface area contributed by atoms with Crippen molar-refractivity contribution in [3.8, 4) is 5.75 Å². The normalized spacial score (nSPS) is 20.2. The Kier molecular flexibility index (Phi) is 5.37. The SMILES string of the molecule is COc1ccc(C)cc1NC(=O)C1=CN(C)C2C(=O)N(Cc3ccccc3)C(=O)NC12. The van der Waals surface area contributed by atoms with Crippen molar-refractivity contribution in [3.63, 3.8) is 0 Å². The van der Waals surface area contributed by atoms with Gasteiger partial charge in [-0.2, -0.15) is 0 Å². The van der Waals surface area contributed by atoms with Gasteiger partial charge in [-0.1, -0.05) is 36.4 Å². The Bertz CT molecular complexity index is 1070. The van der Waals surface area contributed by atoms with Crippen LogP contribution in [0.2, 0.25) is 0 Å². The highest BCUT2D eigenvalue weighted by Gasteiger charge is 2.49. The number of fused-ring (bicyclic) bond motifs is 1. The average molecular weight is 420 g/mol. The second-order valence-corrected chi connectivity index (χ2v) is 7.69. The second-order valence-electron chi connectivity index (χ2n) is 7.69. The minimum Gasteiger partial charge on any atom is -0.495 e. The fourth-order valence-electron chi connectivity index (χ4n) is 3.96. The molecule has 8 heteroatoms. The lowest BCUT2D eigenvalue weighted by Crippen LogP contribution is -2.64. The predicted octanol–water partition coefficient (Wildman–Crippen LogP) is 2.26. The summed E-state index contributed by atoms with van der Waals surface area (Å²) in [6, 6.07) is 12.8. The van der Waals surface area contributed by atoms with Crippen molar-refractivity contribution in [1.29, 1.82) is 0 Å². The maximum absolute atomic E-state index is 13.1. The second kappa shape index (κ2) is 8.14. The van der Waals surface area contributed by atoms with Crippen LogP contribution < -0.4 is 15.4 Å². The number of carbonyl (C=O) groups is 3. The monoisotopic (exact) mass is 420 g/mol. The van der Waals surface area contributed by atoms with Crippen LogP contribution in [0.1, 0.15) is 11.1 Å². The van der Waals surface area contributed by atoms with Crippen LogP contribution in [0.25, 0.3) is 0 Å². The summed E-state index contributed by atoms with van der Waals surface area (Å²) in [6.45, 7) is 2.08. The molecular weight excluding hydrogens is 396 g/mol. The molecule has 2 atom stereocenters. The van der Waals surface area contributed by atoms with Crippen molar-refractivity contribution < 1.29 is 19.1 Å². The van der Waals surface area contributed by atoms with Gasteiger partial charge in [-0.25, -0.2) is 4.79 Å². The zero-order chi connectivity index (χ0) is 22.1. The predicted molar refractivity (Wildman–Crippen MR) is 115 cm³/mol. The minimum absolute atomic E-state index is 0.171. The van der Waals surface area contributed by atoms with E-state index in [1.807, 2.05) is 43.3 Å². The van der Waals surface area contributed by atoms with Gasteiger partial charge >= 0.3 is 6.03 Å². The molecule has 160 valence electrons. The minimum atomic E-state index is -0.729. The molecule has 0 aromatic heterocycles. The average Bonchev–Trinajstić information content (AvgIpc) is 3.08. The third kappa shape index (κ3) is 3.84. The van der Waals surface area contributed by atoms with Gasteiger partial charge in [0.2, 0.25) is 0 Å². The maximum Gasteiger partial charge on any atom is 0.325 e. The quantitative estimate of drug-likeness (QED) is 0.774. The number of nitrogens with zero attached hydrogens (tertiary/aromatic N) is 2. The molecule has 2 aliphatic heterocycles. The number of imide groups is 1. The standard InChI is InChI=1S/C23H24N4O4/c1-14-9-10-18(31-3)17(11-14)24-21(28)16-13-26(2)20-19(16)25-23(30)27(22(20)29)12-15-7-5-4-6-8-15/h4-11,13,19-20H,12H2,1-3H3,(H,24,28)(H,25,30).